The summed E-state index contributed by atoms with van der Waals surface area (Å²) in [6.45, 7) is 4.37. The molecular formula is C13H14N4OS. The van der Waals surface area contributed by atoms with Crippen molar-refractivity contribution < 1.29 is 4.42 Å². The lowest BCUT2D eigenvalue weighted by Crippen LogP contribution is -1.98. The van der Waals surface area contributed by atoms with Crippen molar-refractivity contribution in [3.63, 3.8) is 0 Å². The van der Waals surface area contributed by atoms with Gasteiger partial charge in [0.15, 0.2) is 5.13 Å². The Labute approximate surface area is 114 Å². The maximum atomic E-state index is 5.75. The van der Waals surface area contributed by atoms with Gasteiger partial charge in [0.05, 0.1) is 22.5 Å². The molecule has 0 aliphatic heterocycles. The standard InChI is InChI=1S/C13H14N4OS/c1-7-8(2)18-12(16-7)6-15-13-17-10-4-3-9(14)5-11(10)19-13/h3-5H,6,14H2,1-2H3,(H,15,17). The number of nitrogens with one attached hydrogen (secondary N) is 1. The number of oxazole rings is 1. The number of hydrogen-bond acceptors (Lipinski definition) is 6. The molecular weight excluding hydrogens is 260 g/mol. The van der Waals surface area contributed by atoms with Crippen LogP contribution in [0.3, 0.4) is 0 Å². The molecule has 5 nitrogen and oxygen atoms in total. The Balaban J connectivity index is 1.78. The van der Waals surface area contributed by atoms with E-state index < -0.39 is 0 Å². The van der Waals surface area contributed by atoms with Gasteiger partial charge in [-0.05, 0) is 32.0 Å². The molecule has 3 aromatic rings. The van der Waals surface area contributed by atoms with Crippen LogP contribution in [0, 0.1) is 13.8 Å². The minimum absolute atomic E-state index is 0.532. The molecule has 0 atom stereocenters. The number of hydrogen-bond donors (Lipinski definition) is 2. The Bertz CT molecular complexity index is 712. The summed E-state index contributed by atoms with van der Waals surface area (Å²) < 4.78 is 6.58. The molecule has 0 spiro atoms. The van der Waals surface area contributed by atoms with Gasteiger partial charge >= 0.3 is 0 Å². The summed E-state index contributed by atoms with van der Waals surface area (Å²) in [6.07, 6.45) is 0. The van der Waals surface area contributed by atoms with Crippen molar-refractivity contribution in [2.75, 3.05) is 11.1 Å². The van der Waals surface area contributed by atoms with Gasteiger partial charge < -0.3 is 15.5 Å². The van der Waals surface area contributed by atoms with Crippen molar-refractivity contribution in [1.82, 2.24) is 9.97 Å². The zero-order chi connectivity index (χ0) is 13.4. The number of aromatic nitrogens is 2. The molecule has 0 unspecified atom stereocenters. The third-order valence-corrected chi connectivity index (χ3v) is 3.85. The predicted molar refractivity (Wildman–Crippen MR) is 77.3 cm³/mol. The molecule has 0 aliphatic carbocycles. The van der Waals surface area contributed by atoms with Crippen molar-refractivity contribution in [3.05, 3.63) is 35.5 Å². The van der Waals surface area contributed by atoms with E-state index in [1.165, 1.54) is 0 Å². The van der Waals surface area contributed by atoms with E-state index >= 15 is 0 Å². The van der Waals surface area contributed by atoms with Gasteiger partial charge in [-0.3, -0.25) is 0 Å². The Morgan fingerprint density at radius 1 is 1.32 bits per heavy atom. The predicted octanol–water partition coefficient (Wildman–Crippen LogP) is 3.10. The molecule has 1 aromatic carbocycles. The van der Waals surface area contributed by atoms with E-state index in [-0.39, 0.29) is 0 Å². The summed E-state index contributed by atoms with van der Waals surface area (Å²) in [6, 6.07) is 5.70. The van der Waals surface area contributed by atoms with Crippen LogP contribution in [0.4, 0.5) is 10.8 Å². The maximum absolute atomic E-state index is 5.75. The Morgan fingerprint density at radius 2 is 2.16 bits per heavy atom. The average molecular weight is 274 g/mol. The van der Waals surface area contributed by atoms with E-state index in [9.17, 15) is 0 Å². The third kappa shape index (κ3) is 2.39. The lowest BCUT2D eigenvalue weighted by molar-refractivity contribution is 0.478. The average Bonchev–Trinajstić information content (AvgIpc) is 2.90. The quantitative estimate of drug-likeness (QED) is 0.718. The van der Waals surface area contributed by atoms with Gasteiger partial charge in [0.25, 0.3) is 0 Å². The molecule has 2 heterocycles. The van der Waals surface area contributed by atoms with E-state index in [0.717, 1.165) is 32.5 Å². The van der Waals surface area contributed by atoms with Gasteiger partial charge in [-0.25, -0.2) is 9.97 Å². The van der Waals surface area contributed by atoms with Crippen LogP contribution < -0.4 is 11.1 Å². The summed E-state index contributed by atoms with van der Waals surface area (Å²) in [5.41, 5.74) is 8.37. The topological polar surface area (TPSA) is 77.0 Å². The second-order valence-electron chi connectivity index (χ2n) is 4.35. The molecule has 0 saturated heterocycles. The first kappa shape index (κ1) is 12.0. The van der Waals surface area contributed by atoms with Crippen LogP contribution in [-0.2, 0) is 6.54 Å². The zero-order valence-corrected chi connectivity index (χ0v) is 11.5. The van der Waals surface area contributed by atoms with Crippen LogP contribution in [0.2, 0.25) is 0 Å². The SMILES string of the molecule is Cc1nc(CNc2nc3ccc(N)cc3s2)oc1C. The molecule has 98 valence electrons. The molecule has 19 heavy (non-hydrogen) atoms. The molecule has 3 N–H and O–H groups in total. The van der Waals surface area contributed by atoms with Gasteiger partial charge in [0, 0.05) is 5.69 Å². The minimum Gasteiger partial charge on any atom is -0.444 e. The Morgan fingerprint density at radius 3 is 2.89 bits per heavy atom. The monoisotopic (exact) mass is 274 g/mol. The molecule has 0 fully saturated rings. The molecule has 2 aromatic heterocycles. The summed E-state index contributed by atoms with van der Waals surface area (Å²) >= 11 is 1.57. The highest BCUT2D eigenvalue weighted by Crippen LogP contribution is 2.27. The van der Waals surface area contributed by atoms with Crippen molar-refractivity contribution in [3.8, 4) is 0 Å². The summed E-state index contributed by atoms with van der Waals surface area (Å²) in [4.78, 5) is 8.80. The fraction of sp³-hybridized carbons (Fsp3) is 0.231. The largest absolute Gasteiger partial charge is 0.444 e. The number of nitrogens with zero attached hydrogens (tertiary/aromatic N) is 2. The number of rotatable bonds is 3. The van der Waals surface area contributed by atoms with Crippen molar-refractivity contribution >= 4 is 32.4 Å². The molecule has 0 amide bonds. The molecule has 0 radical (unpaired) electrons. The Hall–Kier alpha value is -2.08. The van der Waals surface area contributed by atoms with Crippen molar-refractivity contribution in [2.45, 2.75) is 20.4 Å². The van der Waals surface area contributed by atoms with E-state index in [1.807, 2.05) is 32.0 Å². The number of thiazole rings is 1. The number of anilines is 2. The number of benzene rings is 1. The van der Waals surface area contributed by atoms with Crippen molar-refractivity contribution in [1.29, 1.82) is 0 Å². The van der Waals surface area contributed by atoms with E-state index in [2.05, 4.69) is 15.3 Å². The minimum atomic E-state index is 0.532. The first-order valence-corrected chi connectivity index (χ1v) is 6.76. The first-order valence-electron chi connectivity index (χ1n) is 5.94. The van der Waals surface area contributed by atoms with Gasteiger partial charge in [-0.15, -0.1) is 0 Å². The summed E-state index contributed by atoms with van der Waals surface area (Å²) in [5, 5.41) is 4.06. The highest BCUT2D eigenvalue weighted by atomic mass is 32.1. The smallest absolute Gasteiger partial charge is 0.214 e. The molecule has 0 aliphatic rings. The van der Waals surface area contributed by atoms with Crippen LogP contribution in [-0.4, -0.2) is 9.97 Å². The number of aryl methyl sites for hydroxylation is 2. The lowest BCUT2D eigenvalue weighted by Gasteiger charge is -1.96. The van der Waals surface area contributed by atoms with Gasteiger partial charge in [0.1, 0.15) is 5.76 Å². The van der Waals surface area contributed by atoms with E-state index in [0.29, 0.717) is 12.4 Å². The number of nitrogen functional groups attached to an aromatic ring is 1. The molecule has 6 heteroatoms. The fourth-order valence-electron chi connectivity index (χ4n) is 1.78. The van der Waals surface area contributed by atoms with Gasteiger partial charge in [-0.2, -0.15) is 0 Å². The molecule has 0 bridgehead atoms. The second kappa shape index (κ2) is 4.55. The van der Waals surface area contributed by atoms with Crippen LogP contribution in [0.5, 0.6) is 0 Å². The van der Waals surface area contributed by atoms with Crippen LogP contribution >= 0.6 is 11.3 Å². The Kier molecular flexibility index (Phi) is 2.87. The zero-order valence-electron chi connectivity index (χ0n) is 10.7. The number of nitrogens with two attached hydrogens (primary N) is 1. The maximum Gasteiger partial charge on any atom is 0.214 e. The fourth-order valence-corrected chi connectivity index (χ4v) is 2.69. The van der Waals surface area contributed by atoms with E-state index in [1.54, 1.807) is 11.3 Å². The molecule has 3 rings (SSSR count). The second-order valence-corrected chi connectivity index (χ2v) is 5.38. The van der Waals surface area contributed by atoms with Gasteiger partial charge in [-0.1, -0.05) is 11.3 Å². The normalized spacial score (nSPS) is 11.1. The third-order valence-electron chi connectivity index (χ3n) is 2.88. The summed E-state index contributed by atoms with van der Waals surface area (Å²) in [7, 11) is 0. The van der Waals surface area contributed by atoms with Crippen molar-refractivity contribution in [2.24, 2.45) is 0 Å². The van der Waals surface area contributed by atoms with Crippen LogP contribution in [0.1, 0.15) is 17.3 Å². The highest BCUT2D eigenvalue weighted by Gasteiger charge is 2.07. The van der Waals surface area contributed by atoms with Gasteiger partial charge in [0.2, 0.25) is 5.89 Å². The van der Waals surface area contributed by atoms with E-state index in [4.69, 9.17) is 10.2 Å². The molecule has 0 saturated carbocycles. The summed E-state index contributed by atoms with van der Waals surface area (Å²) in [5.74, 6) is 1.53. The highest BCUT2D eigenvalue weighted by molar-refractivity contribution is 7.22. The van der Waals surface area contributed by atoms with Crippen LogP contribution in [0.25, 0.3) is 10.2 Å². The first-order chi connectivity index (χ1) is 9.11. The van der Waals surface area contributed by atoms with Crippen LogP contribution in [0.15, 0.2) is 22.6 Å². The lowest BCUT2D eigenvalue weighted by atomic mass is 10.3. The number of fused-ring (bicyclic) bond motifs is 1.